The third-order valence-electron chi connectivity index (χ3n) is 2.20. The zero-order valence-corrected chi connectivity index (χ0v) is 9.86. The molecule has 6 N–H and O–H groups in total. The van der Waals surface area contributed by atoms with Crippen LogP contribution in [0.1, 0.15) is 6.92 Å². The lowest BCUT2D eigenvalue weighted by Gasteiger charge is -2.12. The minimum atomic E-state index is -0.905. The van der Waals surface area contributed by atoms with Crippen LogP contribution in [0.4, 0.5) is 16.3 Å². The Morgan fingerprint density at radius 2 is 2.17 bits per heavy atom. The summed E-state index contributed by atoms with van der Waals surface area (Å²) in [5.74, 6) is 0.0327. The van der Waals surface area contributed by atoms with Gasteiger partial charge in [0.1, 0.15) is 18.1 Å². The number of H-pyrrole nitrogens is 1. The number of rotatable bonds is 5. The van der Waals surface area contributed by atoms with Crippen molar-refractivity contribution >= 4 is 17.6 Å². The molecule has 0 bridgehead atoms. The van der Waals surface area contributed by atoms with Crippen molar-refractivity contribution in [3.8, 4) is 0 Å². The van der Waals surface area contributed by atoms with Gasteiger partial charge < -0.3 is 21.5 Å². The molecule has 0 fully saturated rings. The molecule has 9 heteroatoms. The van der Waals surface area contributed by atoms with Gasteiger partial charge in [-0.2, -0.15) is 0 Å². The lowest BCUT2D eigenvalue weighted by molar-refractivity contribution is 0.161. The summed E-state index contributed by atoms with van der Waals surface area (Å²) in [5, 5.41) is 2.68. The molecule has 0 unspecified atom stereocenters. The third kappa shape index (κ3) is 3.03. The molecule has 18 heavy (non-hydrogen) atoms. The van der Waals surface area contributed by atoms with Crippen molar-refractivity contribution < 1.29 is 9.53 Å². The number of hydrogen-bond donors (Lipinski definition) is 4. The van der Waals surface area contributed by atoms with Crippen LogP contribution >= 0.6 is 0 Å². The number of nitrogens with two attached hydrogens (primary N) is 2. The SMILES string of the molecule is CCn1c(N)c(NCCOC(N)=O)c(=O)[nH]c1=O. The summed E-state index contributed by atoms with van der Waals surface area (Å²) >= 11 is 0. The Hall–Kier alpha value is -2.45. The Morgan fingerprint density at radius 3 is 2.72 bits per heavy atom. The quantitative estimate of drug-likeness (QED) is 0.479. The average Bonchev–Trinajstić information content (AvgIpc) is 2.27. The first-order chi connectivity index (χ1) is 8.47. The Balaban J connectivity index is 2.86. The van der Waals surface area contributed by atoms with Gasteiger partial charge in [-0.1, -0.05) is 0 Å². The Morgan fingerprint density at radius 1 is 1.50 bits per heavy atom. The van der Waals surface area contributed by atoms with Crippen LogP contribution in [0.2, 0.25) is 0 Å². The number of anilines is 2. The lowest BCUT2D eigenvalue weighted by Crippen LogP contribution is -2.34. The molecule has 0 atom stereocenters. The molecule has 0 spiro atoms. The van der Waals surface area contributed by atoms with E-state index >= 15 is 0 Å². The highest BCUT2D eigenvalue weighted by molar-refractivity contribution is 5.64. The van der Waals surface area contributed by atoms with E-state index in [-0.39, 0.29) is 24.7 Å². The Kier molecular flexibility index (Phi) is 4.35. The molecule has 0 saturated heterocycles. The van der Waals surface area contributed by atoms with E-state index in [0.717, 1.165) is 0 Å². The van der Waals surface area contributed by atoms with Gasteiger partial charge in [0.15, 0.2) is 0 Å². The van der Waals surface area contributed by atoms with Crippen LogP contribution in [0.25, 0.3) is 0 Å². The van der Waals surface area contributed by atoms with Crippen LogP contribution in [0, 0.1) is 0 Å². The standard InChI is InChI=1S/C9H15N5O4/c1-2-14-6(10)5(7(15)13-9(14)17)12-3-4-18-8(11)16/h12H,2-4,10H2,1H3,(H2,11,16)(H,13,15,17). The van der Waals surface area contributed by atoms with E-state index in [4.69, 9.17) is 11.5 Å². The molecule has 9 nitrogen and oxygen atoms in total. The number of nitrogens with zero attached hydrogens (tertiary/aromatic N) is 1. The Labute approximate surface area is 102 Å². The maximum atomic E-state index is 11.5. The van der Waals surface area contributed by atoms with Gasteiger partial charge in [0.2, 0.25) is 0 Å². The van der Waals surface area contributed by atoms with E-state index in [1.807, 2.05) is 0 Å². The van der Waals surface area contributed by atoms with Gasteiger partial charge in [-0.05, 0) is 6.92 Å². The molecule has 0 aliphatic rings. The number of carbonyl (C=O) groups excluding carboxylic acids is 1. The van der Waals surface area contributed by atoms with Crippen LogP contribution in [0.5, 0.6) is 0 Å². The number of amides is 1. The van der Waals surface area contributed by atoms with Crippen LogP contribution in [0.3, 0.4) is 0 Å². The molecule has 0 saturated carbocycles. The highest BCUT2D eigenvalue weighted by atomic mass is 16.5. The fourth-order valence-electron chi connectivity index (χ4n) is 1.40. The molecule has 0 aliphatic carbocycles. The minimum Gasteiger partial charge on any atom is -0.448 e. The zero-order valence-electron chi connectivity index (χ0n) is 9.86. The third-order valence-corrected chi connectivity index (χ3v) is 2.20. The summed E-state index contributed by atoms with van der Waals surface area (Å²) < 4.78 is 5.69. The predicted molar refractivity (Wildman–Crippen MR) is 65.4 cm³/mol. The summed E-state index contributed by atoms with van der Waals surface area (Å²) in [5.41, 5.74) is 9.32. The van der Waals surface area contributed by atoms with E-state index < -0.39 is 17.3 Å². The van der Waals surface area contributed by atoms with Gasteiger partial charge >= 0.3 is 11.8 Å². The first-order valence-corrected chi connectivity index (χ1v) is 5.26. The van der Waals surface area contributed by atoms with E-state index in [1.54, 1.807) is 6.92 Å². The maximum Gasteiger partial charge on any atom is 0.404 e. The molecule has 0 radical (unpaired) electrons. The van der Waals surface area contributed by atoms with Crippen LogP contribution in [0.15, 0.2) is 9.59 Å². The number of primary amides is 1. The highest BCUT2D eigenvalue weighted by Crippen LogP contribution is 2.08. The Bertz CT molecular complexity index is 547. The lowest BCUT2D eigenvalue weighted by atomic mass is 10.4. The molecule has 1 aromatic heterocycles. The number of nitrogens with one attached hydrogen (secondary N) is 2. The minimum absolute atomic E-state index is 0.0144. The summed E-state index contributed by atoms with van der Waals surface area (Å²) in [6.45, 7) is 2.18. The number of aromatic nitrogens is 2. The number of hydrogen-bond acceptors (Lipinski definition) is 6. The van der Waals surface area contributed by atoms with Crippen LogP contribution < -0.4 is 28.0 Å². The average molecular weight is 257 g/mol. The van der Waals surface area contributed by atoms with Crippen molar-refractivity contribution in [1.29, 1.82) is 0 Å². The molecule has 0 aliphatic heterocycles. The molecular formula is C9H15N5O4. The smallest absolute Gasteiger partial charge is 0.404 e. The molecule has 1 rings (SSSR count). The van der Waals surface area contributed by atoms with Gasteiger partial charge in [-0.15, -0.1) is 0 Å². The van der Waals surface area contributed by atoms with Gasteiger partial charge in [0.25, 0.3) is 5.56 Å². The van der Waals surface area contributed by atoms with Crippen molar-refractivity contribution in [3.63, 3.8) is 0 Å². The fraction of sp³-hybridized carbons (Fsp3) is 0.444. The first-order valence-electron chi connectivity index (χ1n) is 5.26. The van der Waals surface area contributed by atoms with Crippen LogP contribution in [-0.4, -0.2) is 28.8 Å². The molecular weight excluding hydrogens is 242 g/mol. The number of aromatic amines is 1. The topological polar surface area (TPSA) is 145 Å². The summed E-state index contributed by atoms with van der Waals surface area (Å²) in [4.78, 5) is 35.3. The van der Waals surface area contributed by atoms with Crippen molar-refractivity contribution in [2.24, 2.45) is 5.73 Å². The van der Waals surface area contributed by atoms with Crippen molar-refractivity contribution in [2.45, 2.75) is 13.5 Å². The van der Waals surface area contributed by atoms with Gasteiger partial charge in [0, 0.05) is 13.1 Å². The van der Waals surface area contributed by atoms with E-state index in [9.17, 15) is 14.4 Å². The molecule has 1 aromatic rings. The monoisotopic (exact) mass is 257 g/mol. The van der Waals surface area contributed by atoms with E-state index in [1.165, 1.54) is 4.57 Å². The van der Waals surface area contributed by atoms with Crippen molar-refractivity contribution in [2.75, 3.05) is 24.2 Å². The van der Waals surface area contributed by atoms with E-state index in [2.05, 4.69) is 15.0 Å². The van der Waals surface area contributed by atoms with Gasteiger partial charge in [0.05, 0.1) is 0 Å². The van der Waals surface area contributed by atoms with Gasteiger partial charge in [-0.25, -0.2) is 9.59 Å². The second-order valence-electron chi connectivity index (χ2n) is 3.36. The summed E-state index contributed by atoms with van der Waals surface area (Å²) in [7, 11) is 0. The normalized spacial score (nSPS) is 10.1. The van der Waals surface area contributed by atoms with Crippen LogP contribution in [-0.2, 0) is 11.3 Å². The number of ether oxygens (including phenoxy) is 1. The summed E-state index contributed by atoms with van der Waals surface area (Å²) in [6, 6.07) is 0. The maximum absolute atomic E-state index is 11.5. The second kappa shape index (κ2) is 5.75. The largest absolute Gasteiger partial charge is 0.448 e. The highest BCUT2D eigenvalue weighted by Gasteiger charge is 2.10. The van der Waals surface area contributed by atoms with Crippen molar-refractivity contribution in [3.05, 3.63) is 20.8 Å². The van der Waals surface area contributed by atoms with Crippen molar-refractivity contribution in [1.82, 2.24) is 9.55 Å². The van der Waals surface area contributed by atoms with Gasteiger partial charge in [-0.3, -0.25) is 14.3 Å². The fourth-order valence-corrected chi connectivity index (χ4v) is 1.40. The molecule has 100 valence electrons. The first kappa shape index (κ1) is 13.6. The predicted octanol–water partition coefficient (Wildman–Crippen LogP) is -1.35. The molecule has 1 amide bonds. The zero-order chi connectivity index (χ0) is 13.7. The second-order valence-corrected chi connectivity index (χ2v) is 3.36. The summed E-state index contributed by atoms with van der Waals surface area (Å²) in [6.07, 6.45) is -0.905. The molecule has 0 aromatic carbocycles. The number of carbonyl (C=O) groups is 1. The molecule has 1 heterocycles. The number of nitrogen functional groups attached to an aromatic ring is 1. The van der Waals surface area contributed by atoms with E-state index in [0.29, 0.717) is 6.54 Å².